The van der Waals surface area contributed by atoms with Crippen molar-refractivity contribution in [3.63, 3.8) is 0 Å². The van der Waals surface area contributed by atoms with Gasteiger partial charge >= 0.3 is 0 Å². The summed E-state index contributed by atoms with van der Waals surface area (Å²) in [5.74, 6) is -2.90. The fraction of sp³-hybridized carbons (Fsp3) is 0.318. The first-order valence-corrected chi connectivity index (χ1v) is 9.41. The number of benzene rings is 2. The molecule has 0 bridgehead atoms. The molecule has 146 valence electrons. The summed E-state index contributed by atoms with van der Waals surface area (Å²) in [7, 11) is 0. The second-order valence-electron chi connectivity index (χ2n) is 7.43. The van der Waals surface area contributed by atoms with Gasteiger partial charge in [0, 0.05) is 49.8 Å². The summed E-state index contributed by atoms with van der Waals surface area (Å²) in [6.45, 7) is 3.19. The number of rotatable bonds is 4. The molecule has 0 atom stereocenters. The highest BCUT2D eigenvalue weighted by Gasteiger charge is 2.34. The average Bonchev–Trinajstić information content (AvgIpc) is 3.07. The third kappa shape index (κ3) is 4.12. The second kappa shape index (κ2) is 7.43. The first-order valence-electron chi connectivity index (χ1n) is 9.41. The Hall–Kier alpha value is -2.60. The lowest BCUT2D eigenvalue weighted by atomic mass is 10.0. The summed E-state index contributed by atoms with van der Waals surface area (Å²) in [4.78, 5) is 2.01. The predicted octanol–water partition coefficient (Wildman–Crippen LogP) is 5.22. The molecule has 2 aromatic carbocycles. The van der Waals surface area contributed by atoms with E-state index in [1.807, 2.05) is 48.4 Å². The fourth-order valence-electron chi connectivity index (χ4n) is 3.59. The Kier molecular flexibility index (Phi) is 4.98. The van der Waals surface area contributed by atoms with Gasteiger partial charge in [0.05, 0.1) is 11.4 Å². The molecule has 1 aliphatic heterocycles. The van der Waals surface area contributed by atoms with Crippen LogP contribution >= 0.6 is 0 Å². The summed E-state index contributed by atoms with van der Waals surface area (Å²) in [6.07, 6.45) is 1.66. The van der Waals surface area contributed by atoms with Crippen LogP contribution in [0.3, 0.4) is 0 Å². The molecule has 3 aromatic rings. The molecule has 0 spiro atoms. The van der Waals surface area contributed by atoms with Crippen LogP contribution in [0.5, 0.6) is 0 Å². The van der Waals surface area contributed by atoms with Crippen LogP contribution in [-0.2, 0) is 6.54 Å². The minimum Gasteiger partial charge on any atom is -0.298 e. The minimum absolute atomic E-state index is 0.131. The van der Waals surface area contributed by atoms with Crippen molar-refractivity contribution in [1.29, 1.82) is 0 Å². The van der Waals surface area contributed by atoms with Gasteiger partial charge in [-0.1, -0.05) is 24.3 Å². The van der Waals surface area contributed by atoms with Crippen LogP contribution in [0.4, 0.5) is 13.2 Å². The quantitative estimate of drug-likeness (QED) is 0.614. The van der Waals surface area contributed by atoms with Crippen LogP contribution in [0.25, 0.3) is 16.9 Å². The van der Waals surface area contributed by atoms with E-state index < -0.39 is 5.92 Å². The van der Waals surface area contributed by atoms with Crippen molar-refractivity contribution in [3.8, 4) is 16.9 Å². The molecular formula is C22H22F3N3. The van der Waals surface area contributed by atoms with Crippen LogP contribution in [0, 0.1) is 12.7 Å². The number of hydrogen-bond donors (Lipinski definition) is 0. The van der Waals surface area contributed by atoms with Gasteiger partial charge in [-0.25, -0.2) is 17.9 Å². The Morgan fingerprint density at radius 2 is 1.79 bits per heavy atom. The third-order valence-corrected chi connectivity index (χ3v) is 5.14. The monoisotopic (exact) mass is 385 g/mol. The molecular weight excluding hydrogens is 363 g/mol. The molecule has 0 radical (unpaired) electrons. The zero-order valence-electron chi connectivity index (χ0n) is 15.7. The van der Waals surface area contributed by atoms with E-state index in [1.165, 1.54) is 12.1 Å². The van der Waals surface area contributed by atoms with Gasteiger partial charge in [-0.3, -0.25) is 4.90 Å². The number of piperidine rings is 1. The van der Waals surface area contributed by atoms with E-state index in [1.54, 1.807) is 10.7 Å². The van der Waals surface area contributed by atoms with Crippen molar-refractivity contribution < 1.29 is 13.2 Å². The van der Waals surface area contributed by atoms with E-state index in [-0.39, 0.29) is 18.7 Å². The molecule has 4 rings (SSSR count). The van der Waals surface area contributed by atoms with Gasteiger partial charge in [-0.05, 0) is 36.8 Å². The zero-order valence-corrected chi connectivity index (χ0v) is 15.7. The van der Waals surface area contributed by atoms with Gasteiger partial charge in [0.15, 0.2) is 0 Å². The molecule has 1 saturated heterocycles. The van der Waals surface area contributed by atoms with Crippen LogP contribution in [0.15, 0.2) is 54.7 Å². The zero-order chi connectivity index (χ0) is 19.7. The van der Waals surface area contributed by atoms with E-state index in [0.29, 0.717) is 30.9 Å². The van der Waals surface area contributed by atoms with Crippen molar-refractivity contribution in [1.82, 2.24) is 14.7 Å². The van der Waals surface area contributed by atoms with Crippen molar-refractivity contribution in [2.45, 2.75) is 32.2 Å². The first kappa shape index (κ1) is 18.7. The molecule has 6 heteroatoms. The van der Waals surface area contributed by atoms with Crippen LogP contribution < -0.4 is 0 Å². The summed E-state index contributed by atoms with van der Waals surface area (Å²) >= 11 is 0. The smallest absolute Gasteiger partial charge is 0.250 e. The second-order valence-corrected chi connectivity index (χ2v) is 7.43. The number of alkyl halides is 2. The molecule has 0 saturated carbocycles. The lowest BCUT2D eigenvalue weighted by Crippen LogP contribution is -2.38. The SMILES string of the molecule is Cc1cccc(-n2cc(CN3CCC(F)(F)CC3)c(-c3cccc(F)c3)n2)c1. The average molecular weight is 385 g/mol. The summed E-state index contributed by atoms with van der Waals surface area (Å²) in [6, 6.07) is 14.3. The Morgan fingerprint density at radius 1 is 1.04 bits per heavy atom. The Bertz CT molecular complexity index is 971. The maximum atomic E-state index is 13.8. The van der Waals surface area contributed by atoms with Gasteiger partial charge < -0.3 is 0 Å². The number of aryl methyl sites for hydroxylation is 1. The van der Waals surface area contributed by atoms with Crippen LogP contribution in [-0.4, -0.2) is 33.7 Å². The van der Waals surface area contributed by atoms with E-state index in [2.05, 4.69) is 0 Å². The Labute approximate surface area is 162 Å². The molecule has 0 aliphatic carbocycles. The highest BCUT2D eigenvalue weighted by molar-refractivity contribution is 5.63. The normalized spacial score (nSPS) is 17.0. The lowest BCUT2D eigenvalue weighted by molar-refractivity contribution is -0.0566. The van der Waals surface area contributed by atoms with Gasteiger partial charge in [0.2, 0.25) is 0 Å². The summed E-state index contributed by atoms with van der Waals surface area (Å²) in [5.41, 5.74) is 4.29. The highest BCUT2D eigenvalue weighted by Crippen LogP contribution is 2.30. The van der Waals surface area contributed by atoms with Crippen molar-refractivity contribution in [3.05, 3.63) is 71.7 Å². The number of hydrogen-bond acceptors (Lipinski definition) is 2. The third-order valence-electron chi connectivity index (χ3n) is 5.14. The standard InChI is InChI=1S/C22H22F3N3/c1-16-4-2-7-20(12-16)28-15-18(14-27-10-8-22(24,25)9-11-27)21(26-28)17-5-3-6-19(23)13-17/h2-7,12-13,15H,8-11,14H2,1H3. The maximum absolute atomic E-state index is 13.8. The molecule has 28 heavy (non-hydrogen) atoms. The molecule has 3 nitrogen and oxygen atoms in total. The Balaban J connectivity index is 1.69. The molecule has 0 amide bonds. The number of likely N-dealkylation sites (tertiary alicyclic amines) is 1. The highest BCUT2D eigenvalue weighted by atomic mass is 19.3. The van der Waals surface area contributed by atoms with Crippen molar-refractivity contribution >= 4 is 0 Å². The number of aromatic nitrogens is 2. The minimum atomic E-state index is -2.58. The van der Waals surface area contributed by atoms with E-state index in [4.69, 9.17) is 5.10 Å². The van der Waals surface area contributed by atoms with Gasteiger partial charge in [-0.15, -0.1) is 0 Å². The fourth-order valence-corrected chi connectivity index (χ4v) is 3.59. The molecule has 0 N–H and O–H groups in total. The molecule has 0 unspecified atom stereocenters. The van der Waals surface area contributed by atoms with E-state index in [0.717, 1.165) is 16.8 Å². The van der Waals surface area contributed by atoms with Gasteiger partial charge in [0.1, 0.15) is 5.82 Å². The summed E-state index contributed by atoms with van der Waals surface area (Å²) < 4.78 is 42.5. The Morgan fingerprint density at radius 3 is 2.50 bits per heavy atom. The predicted molar refractivity (Wildman–Crippen MR) is 103 cm³/mol. The topological polar surface area (TPSA) is 21.1 Å². The first-order chi connectivity index (χ1) is 13.4. The summed E-state index contributed by atoms with van der Waals surface area (Å²) in [5, 5.41) is 4.70. The molecule has 2 heterocycles. The molecule has 1 aromatic heterocycles. The molecule has 1 aliphatic rings. The maximum Gasteiger partial charge on any atom is 0.250 e. The largest absolute Gasteiger partial charge is 0.298 e. The lowest BCUT2D eigenvalue weighted by Gasteiger charge is -2.31. The van der Waals surface area contributed by atoms with Gasteiger partial charge in [0.25, 0.3) is 5.92 Å². The number of nitrogens with zero attached hydrogens (tertiary/aromatic N) is 3. The van der Waals surface area contributed by atoms with Crippen molar-refractivity contribution in [2.24, 2.45) is 0 Å². The molecule has 1 fully saturated rings. The van der Waals surface area contributed by atoms with Crippen LogP contribution in [0.2, 0.25) is 0 Å². The van der Waals surface area contributed by atoms with E-state index >= 15 is 0 Å². The van der Waals surface area contributed by atoms with E-state index in [9.17, 15) is 13.2 Å². The van der Waals surface area contributed by atoms with Crippen molar-refractivity contribution in [2.75, 3.05) is 13.1 Å². The van der Waals surface area contributed by atoms with Crippen LogP contribution in [0.1, 0.15) is 24.0 Å². The number of halogens is 3. The van der Waals surface area contributed by atoms with Gasteiger partial charge in [-0.2, -0.15) is 5.10 Å².